The number of nitrogens with zero attached hydrogens (tertiary/aromatic N) is 1. The lowest BCUT2D eigenvalue weighted by atomic mass is 10.2. The van der Waals surface area contributed by atoms with E-state index in [4.69, 9.17) is 9.84 Å². The molecule has 0 heterocycles. The van der Waals surface area contributed by atoms with Crippen LogP contribution in [0.1, 0.15) is 12.5 Å². The van der Waals surface area contributed by atoms with Crippen LogP contribution in [-0.2, 0) is 16.1 Å². The van der Waals surface area contributed by atoms with Gasteiger partial charge < -0.3 is 14.9 Å². The van der Waals surface area contributed by atoms with Gasteiger partial charge in [0.05, 0.1) is 12.6 Å². The maximum absolute atomic E-state index is 11.7. The van der Waals surface area contributed by atoms with Gasteiger partial charge in [0, 0.05) is 0 Å². The molecule has 1 aromatic carbocycles. The van der Waals surface area contributed by atoms with Crippen LogP contribution < -0.4 is 0 Å². The first-order chi connectivity index (χ1) is 8.99. The summed E-state index contributed by atoms with van der Waals surface area (Å²) in [4.78, 5) is 23.3. The Labute approximate surface area is 111 Å². The first-order valence-corrected chi connectivity index (χ1v) is 5.84. The molecule has 0 fully saturated rings. The Kier molecular flexibility index (Phi) is 5.81. The molecule has 0 aromatic heterocycles. The van der Waals surface area contributed by atoms with Crippen LogP contribution in [0.4, 0.5) is 4.79 Å². The lowest BCUT2D eigenvalue weighted by Gasteiger charge is -2.21. The Bertz CT molecular complexity index is 418. The summed E-state index contributed by atoms with van der Waals surface area (Å²) >= 11 is 0. The van der Waals surface area contributed by atoms with E-state index in [-0.39, 0.29) is 13.2 Å². The molecule has 1 amide bonds. The van der Waals surface area contributed by atoms with Crippen LogP contribution in [0.2, 0.25) is 0 Å². The zero-order valence-corrected chi connectivity index (χ0v) is 10.7. The Hall–Kier alpha value is -2.08. The molecule has 1 rings (SSSR count). The van der Waals surface area contributed by atoms with Crippen molar-refractivity contribution in [2.45, 2.75) is 19.6 Å². The Balaban J connectivity index is 2.54. The highest BCUT2D eigenvalue weighted by molar-refractivity contribution is 5.76. The number of aliphatic carboxylic acids is 1. The van der Waals surface area contributed by atoms with Crippen LogP contribution in [0, 0.1) is 0 Å². The summed E-state index contributed by atoms with van der Waals surface area (Å²) in [6.07, 6.45) is -1.57. The van der Waals surface area contributed by atoms with E-state index in [2.05, 4.69) is 0 Å². The number of aliphatic hydroxyl groups is 1. The van der Waals surface area contributed by atoms with E-state index in [0.717, 1.165) is 10.5 Å². The van der Waals surface area contributed by atoms with Crippen molar-refractivity contribution in [3.05, 3.63) is 35.9 Å². The van der Waals surface area contributed by atoms with Gasteiger partial charge >= 0.3 is 12.1 Å². The lowest BCUT2D eigenvalue weighted by molar-refractivity contribution is -0.138. The summed E-state index contributed by atoms with van der Waals surface area (Å²) in [6.45, 7) is 0.952. The third-order valence-corrected chi connectivity index (χ3v) is 2.27. The minimum atomic E-state index is -1.16. The van der Waals surface area contributed by atoms with Gasteiger partial charge in [-0.05, 0) is 12.5 Å². The van der Waals surface area contributed by atoms with E-state index in [1.807, 2.05) is 18.2 Å². The fourth-order valence-corrected chi connectivity index (χ4v) is 1.50. The van der Waals surface area contributed by atoms with Crippen molar-refractivity contribution in [3.63, 3.8) is 0 Å². The number of benzene rings is 1. The second-order valence-corrected chi connectivity index (χ2v) is 4.16. The molecule has 6 heteroatoms. The topological polar surface area (TPSA) is 87.1 Å². The van der Waals surface area contributed by atoms with Crippen LogP contribution in [0.25, 0.3) is 0 Å². The third-order valence-electron chi connectivity index (χ3n) is 2.27. The normalized spacial score (nSPS) is 11.7. The highest BCUT2D eigenvalue weighted by Crippen LogP contribution is 2.04. The number of aliphatic hydroxyl groups excluding tert-OH is 1. The van der Waals surface area contributed by atoms with Crippen molar-refractivity contribution in [1.29, 1.82) is 0 Å². The second kappa shape index (κ2) is 7.38. The summed E-state index contributed by atoms with van der Waals surface area (Å²) in [6, 6.07) is 9.06. The minimum Gasteiger partial charge on any atom is -0.480 e. The number of ether oxygens (including phenoxy) is 1. The fourth-order valence-electron chi connectivity index (χ4n) is 1.50. The predicted molar refractivity (Wildman–Crippen MR) is 67.5 cm³/mol. The van der Waals surface area contributed by atoms with Crippen LogP contribution in [0.5, 0.6) is 0 Å². The van der Waals surface area contributed by atoms with E-state index in [1.165, 1.54) is 6.92 Å². The molecule has 0 spiro atoms. The van der Waals surface area contributed by atoms with Gasteiger partial charge in [-0.2, -0.15) is 0 Å². The van der Waals surface area contributed by atoms with Gasteiger partial charge in [-0.3, -0.25) is 9.69 Å². The molecule has 0 saturated carbocycles. The molecule has 104 valence electrons. The number of carbonyl (C=O) groups excluding carboxylic acids is 1. The van der Waals surface area contributed by atoms with Gasteiger partial charge in [0.15, 0.2) is 0 Å². The molecular formula is C13H17NO5. The smallest absolute Gasteiger partial charge is 0.410 e. The van der Waals surface area contributed by atoms with Gasteiger partial charge in [-0.25, -0.2) is 4.79 Å². The van der Waals surface area contributed by atoms with Crippen LogP contribution in [0.15, 0.2) is 30.3 Å². The van der Waals surface area contributed by atoms with E-state index < -0.39 is 24.7 Å². The maximum Gasteiger partial charge on any atom is 0.410 e. The molecule has 1 unspecified atom stereocenters. The lowest BCUT2D eigenvalue weighted by Crippen LogP contribution is -2.40. The van der Waals surface area contributed by atoms with Crippen LogP contribution >= 0.6 is 0 Å². The highest BCUT2D eigenvalue weighted by atomic mass is 16.6. The van der Waals surface area contributed by atoms with Gasteiger partial charge in [-0.15, -0.1) is 0 Å². The molecule has 0 saturated heterocycles. The Morgan fingerprint density at radius 2 is 1.95 bits per heavy atom. The van der Waals surface area contributed by atoms with Crippen molar-refractivity contribution < 1.29 is 24.5 Å². The van der Waals surface area contributed by atoms with E-state index in [1.54, 1.807) is 12.1 Å². The molecule has 0 aliphatic carbocycles. The van der Waals surface area contributed by atoms with E-state index >= 15 is 0 Å². The van der Waals surface area contributed by atoms with Crippen LogP contribution in [-0.4, -0.2) is 46.4 Å². The average Bonchev–Trinajstić information content (AvgIpc) is 2.35. The number of hydrogen-bond acceptors (Lipinski definition) is 4. The van der Waals surface area contributed by atoms with Crippen molar-refractivity contribution >= 4 is 12.1 Å². The molecule has 2 N–H and O–H groups in total. The van der Waals surface area contributed by atoms with Gasteiger partial charge in [-0.1, -0.05) is 30.3 Å². The minimum absolute atomic E-state index is 0.0651. The summed E-state index contributed by atoms with van der Waals surface area (Å²) in [7, 11) is 0. The van der Waals surface area contributed by atoms with Crippen molar-refractivity contribution in [2.75, 3.05) is 13.1 Å². The number of carbonyl (C=O) groups is 2. The molecule has 1 atom stereocenters. The zero-order chi connectivity index (χ0) is 14.3. The van der Waals surface area contributed by atoms with E-state index in [0.29, 0.717) is 0 Å². The summed E-state index contributed by atoms with van der Waals surface area (Å²) < 4.78 is 5.00. The molecule has 0 bridgehead atoms. The standard InChI is InChI=1S/C13H17NO5/c1-10(15)7-14(8-12(16)17)13(18)19-9-11-5-3-2-4-6-11/h2-6,10,15H,7-9H2,1H3,(H,16,17). The number of carboxylic acid groups (broad SMARTS) is 1. The van der Waals surface area contributed by atoms with Crippen molar-refractivity contribution in [1.82, 2.24) is 4.90 Å². The summed E-state index contributed by atoms with van der Waals surface area (Å²) in [5, 5.41) is 17.9. The third kappa shape index (κ3) is 5.87. The summed E-state index contributed by atoms with van der Waals surface area (Å²) in [5.41, 5.74) is 0.808. The molecule has 0 aliphatic heterocycles. The first kappa shape index (κ1) is 15.0. The number of hydrogen-bond donors (Lipinski definition) is 2. The van der Waals surface area contributed by atoms with Gasteiger partial charge in [0.25, 0.3) is 0 Å². The first-order valence-electron chi connectivity index (χ1n) is 5.84. The molecule has 0 radical (unpaired) electrons. The summed E-state index contributed by atoms with van der Waals surface area (Å²) in [5.74, 6) is -1.16. The van der Waals surface area contributed by atoms with Gasteiger partial charge in [0.2, 0.25) is 0 Å². The van der Waals surface area contributed by atoms with Gasteiger partial charge in [0.1, 0.15) is 13.2 Å². The zero-order valence-electron chi connectivity index (χ0n) is 10.7. The molecule has 19 heavy (non-hydrogen) atoms. The SMILES string of the molecule is CC(O)CN(CC(=O)O)C(=O)OCc1ccccc1. The number of rotatable bonds is 6. The predicted octanol–water partition coefficient (Wildman–Crippen LogP) is 1.09. The Morgan fingerprint density at radius 1 is 1.32 bits per heavy atom. The Morgan fingerprint density at radius 3 is 2.47 bits per heavy atom. The molecule has 1 aromatic rings. The van der Waals surface area contributed by atoms with Crippen molar-refractivity contribution in [3.8, 4) is 0 Å². The monoisotopic (exact) mass is 267 g/mol. The average molecular weight is 267 g/mol. The number of carboxylic acids is 1. The fraction of sp³-hybridized carbons (Fsp3) is 0.385. The highest BCUT2D eigenvalue weighted by Gasteiger charge is 2.19. The van der Waals surface area contributed by atoms with E-state index in [9.17, 15) is 14.7 Å². The quantitative estimate of drug-likeness (QED) is 0.805. The molecule has 0 aliphatic rings. The van der Waals surface area contributed by atoms with Crippen molar-refractivity contribution in [2.24, 2.45) is 0 Å². The molecule has 6 nitrogen and oxygen atoms in total. The number of amides is 1. The second-order valence-electron chi connectivity index (χ2n) is 4.16. The maximum atomic E-state index is 11.7. The largest absolute Gasteiger partial charge is 0.480 e. The molecular weight excluding hydrogens is 250 g/mol. The van der Waals surface area contributed by atoms with Crippen LogP contribution in [0.3, 0.4) is 0 Å².